The first kappa shape index (κ1) is 27.6. The number of aromatic nitrogens is 1. The van der Waals surface area contributed by atoms with Crippen LogP contribution in [-0.4, -0.2) is 69.7 Å². The zero-order chi connectivity index (χ0) is 26.7. The average Bonchev–Trinajstić information content (AvgIpc) is 3.22. The molecule has 2 atom stereocenters. The van der Waals surface area contributed by atoms with E-state index in [1.165, 1.54) is 4.90 Å². The Kier molecular flexibility index (Phi) is 8.63. The van der Waals surface area contributed by atoms with Gasteiger partial charge < -0.3 is 15.0 Å². The fourth-order valence-electron chi connectivity index (χ4n) is 5.57. The Hall–Kier alpha value is -2.40. The lowest BCUT2D eigenvalue weighted by Crippen LogP contribution is -2.43. The Morgan fingerprint density at radius 1 is 1.16 bits per heavy atom. The van der Waals surface area contributed by atoms with E-state index in [0.717, 1.165) is 67.5 Å². The van der Waals surface area contributed by atoms with Crippen LogP contribution in [0, 0.1) is 11.8 Å². The monoisotopic (exact) mass is 541 g/mol. The smallest absolute Gasteiger partial charge is 0.381 e. The number of ether oxygens (including phenoxy) is 1. The molecule has 4 rings (SSSR count). The van der Waals surface area contributed by atoms with Crippen molar-refractivity contribution >= 4 is 33.7 Å². The first-order chi connectivity index (χ1) is 17.6. The molecule has 7 nitrogen and oxygen atoms in total. The quantitative estimate of drug-likeness (QED) is 0.551. The van der Waals surface area contributed by atoms with E-state index in [9.17, 15) is 27.0 Å². The number of amides is 2. The molecule has 2 unspecified atom stereocenters. The molecule has 1 N–H and O–H groups in total. The first-order valence-electron chi connectivity index (χ1n) is 12.9. The minimum atomic E-state index is -4.52. The number of carbonyl (C=O) groups is 2. The number of hydrogen-bond donors (Lipinski definition) is 1. The van der Waals surface area contributed by atoms with Crippen molar-refractivity contribution in [1.82, 2.24) is 14.2 Å². The zero-order valence-corrected chi connectivity index (χ0v) is 22.1. The molecular formula is C26H34F3N3O4S. The van der Waals surface area contributed by atoms with Gasteiger partial charge in [0.15, 0.2) is 0 Å². The fraction of sp³-hybridized carbons (Fsp3) is 0.615. The van der Waals surface area contributed by atoms with Crippen LogP contribution in [0.4, 0.5) is 13.2 Å². The SMILES string of the molecule is CCN(CC(=O)NCC(F)(F)F)C(=O)c1ccc2c(c1)c1c(n2S(=O)CC)CCC(C2CCOCC2)C1. The van der Waals surface area contributed by atoms with Crippen molar-refractivity contribution < 1.29 is 31.7 Å². The number of hydrogen-bond acceptors (Lipinski definition) is 4. The minimum Gasteiger partial charge on any atom is -0.381 e. The summed E-state index contributed by atoms with van der Waals surface area (Å²) in [7, 11) is -1.23. The van der Waals surface area contributed by atoms with Crippen LogP contribution in [0.3, 0.4) is 0 Å². The van der Waals surface area contributed by atoms with E-state index in [1.54, 1.807) is 25.1 Å². The standard InChI is InChI=1S/C26H34F3N3O4S/c1-3-31(15-24(33)30-16-26(27,28)29)25(34)19-6-8-23-21(14-19)20-13-18(17-9-11-36-12-10-17)5-7-22(20)32(23)37(35)4-2/h6,8,14,17-18H,3-5,7,9-13,15-16H2,1-2H3,(H,30,33). The summed E-state index contributed by atoms with van der Waals surface area (Å²) < 4.78 is 57.8. The summed E-state index contributed by atoms with van der Waals surface area (Å²) in [5.74, 6) is 0.245. The van der Waals surface area contributed by atoms with Crippen molar-refractivity contribution in [2.24, 2.45) is 11.8 Å². The Morgan fingerprint density at radius 2 is 1.89 bits per heavy atom. The van der Waals surface area contributed by atoms with E-state index in [1.807, 2.05) is 16.2 Å². The van der Waals surface area contributed by atoms with Gasteiger partial charge in [0.1, 0.15) is 17.5 Å². The van der Waals surface area contributed by atoms with Crippen molar-refractivity contribution in [3.63, 3.8) is 0 Å². The molecule has 1 aliphatic carbocycles. The maximum Gasteiger partial charge on any atom is 0.405 e. The van der Waals surface area contributed by atoms with E-state index in [2.05, 4.69) is 0 Å². The fourth-order valence-corrected chi connectivity index (χ4v) is 6.65. The molecule has 11 heteroatoms. The summed E-state index contributed by atoms with van der Waals surface area (Å²) in [5, 5.41) is 2.70. The van der Waals surface area contributed by atoms with Crippen molar-refractivity contribution in [2.45, 2.75) is 52.1 Å². The molecule has 0 saturated carbocycles. The highest BCUT2D eigenvalue weighted by Crippen LogP contribution is 2.40. The lowest BCUT2D eigenvalue weighted by molar-refractivity contribution is -0.138. The van der Waals surface area contributed by atoms with Gasteiger partial charge in [0, 0.05) is 42.2 Å². The van der Waals surface area contributed by atoms with Crippen molar-refractivity contribution in [1.29, 1.82) is 0 Å². The number of rotatable bonds is 8. The van der Waals surface area contributed by atoms with Gasteiger partial charge in [-0.3, -0.25) is 13.6 Å². The van der Waals surface area contributed by atoms with E-state index in [0.29, 0.717) is 23.2 Å². The molecule has 1 aromatic heterocycles. The average molecular weight is 542 g/mol. The molecule has 204 valence electrons. The highest BCUT2D eigenvalue weighted by atomic mass is 32.2. The molecule has 0 bridgehead atoms. The Bertz CT molecular complexity index is 1170. The van der Waals surface area contributed by atoms with Crippen LogP contribution in [-0.2, 0) is 33.4 Å². The second kappa shape index (κ2) is 11.6. The number of likely N-dealkylation sites (N-methyl/N-ethyl adjacent to an activating group) is 1. The first-order valence-corrected chi connectivity index (χ1v) is 14.2. The molecule has 1 saturated heterocycles. The molecule has 37 heavy (non-hydrogen) atoms. The van der Waals surface area contributed by atoms with Gasteiger partial charge in [-0.05, 0) is 74.6 Å². The largest absolute Gasteiger partial charge is 0.405 e. The summed E-state index contributed by atoms with van der Waals surface area (Å²) >= 11 is 0. The predicted molar refractivity (Wildman–Crippen MR) is 136 cm³/mol. The topological polar surface area (TPSA) is 80.6 Å². The minimum absolute atomic E-state index is 0.168. The third kappa shape index (κ3) is 6.19. The van der Waals surface area contributed by atoms with Crippen molar-refractivity contribution in [2.75, 3.05) is 38.6 Å². The summed E-state index contributed by atoms with van der Waals surface area (Å²) in [6, 6.07) is 5.24. The number of halogens is 3. The normalized spacial score (nSPS) is 19.4. The van der Waals surface area contributed by atoms with E-state index in [4.69, 9.17) is 4.74 Å². The molecule has 2 aliphatic rings. The van der Waals surface area contributed by atoms with Crippen LogP contribution < -0.4 is 5.32 Å². The van der Waals surface area contributed by atoms with Crippen LogP contribution in [0.1, 0.15) is 54.7 Å². The molecule has 1 aliphatic heterocycles. The number of nitrogens with one attached hydrogen (secondary N) is 1. The molecule has 0 spiro atoms. The highest BCUT2D eigenvalue weighted by Gasteiger charge is 2.33. The van der Waals surface area contributed by atoms with Gasteiger partial charge in [0.2, 0.25) is 5.91 Å². The van der Waals surface area contributed by atoms with Gasteiger partial charge in [-0.1, -0.05) is 6.92 Å². The number of fused-ring (bicyclic) bond motifs is 3. The lowest BCUT2D eigenvalue weighted by atomic mass is 9.75. The molecule has 1 fully saturated rings. The summed E-state index contributed by atoms with van der Waals surface area (Å²) in [5.41, 5.74) is 3.36. The Morgan fingerprint density at radius 3 is 2.54 bits per heavy atom. The van der Waals surface area contributed by atoms with Gasteiger partial charge in [-0.2, -0.15) is 13.2 Å². The lowest BCUT2D eigenvalue weighted by Gasteiger charge is -2.33. The van der Waals surface area contributed by atoms with Gasteiger partial charge in [-0.15, -0.1) is 0 Å². The van der Waals surface area contributed by atoms with E-state index >= 15 is 0 Å². The number of benzene rings is 1. The summed E-state index contributed by atoms with van der Waals surface area (Å²) in [4.78, 5) is 26.5. The van der Waals surface area contributed by atoms with Gasteiger partial charge in [0.25, 0.3) is 5.91 Å². The van der Waals surface area contributed by atoms with Gasteiger partial charge in [0.05, 0.1) is 12.1 Å². The molecular weight excluding hydrogens is 507 g/mol. The second-order valence-electron chi connectivity index (χ2n) is 9.73. The maximum absolute atomic E-state index is 13.3. The number of alkyl halides is 3. The van der Waals surface area contributed by atoms with E-state index < -0.39 is 42.1 Å². The molecule has 0 radical (unpaired) electrons. The zero-order valence-electron chi connectivity index (χ0n) is 21.2. The predicted octanol–water partition coefficient (Wildman–Crippen LogP) is 3.85. The van der Waals surface area contributed by atoms with Crippen LogP contribution in [0.15, 0.2) is 18.2 Å². The molecule has 1 aromatic carbocycles. The number of nitrogens with zero attached hydrogens (tertiary/aromatic N) is 2. The third-order valence-corrected chi connectivity index (χ3v) is 8.79. The summed E-state index contributed by atoms with van der Waals surface area (Å²) in [6.45, 7) is 3.37. The van der Waals surface area contributed by atoms with Gasteiger partial charge >= 0.3 is 6.18 Å². The van der Waals surface area contributed by atoms with Crippen LogP contribution in [0.5, 0.6) is 0 Å². The van der Waals surface area contributed by atoms with Crippen molar-refractivity contribution in [3.8, 4) is 0 Å². The second-order valence-corrected chi connectivity index (χ2v) is 11.3. The molecule has 2 heterocycles. The molecule has 2 amide bonds. The summed E-state index contributed by atoms with van der Waals surface area (Å²) in [6.07, 6.45) is 0.240. The third-order valence-electron chi connectivity index (χ3n) is 7.47. The van der Waals surface area contributed by atoms with Crippen molar-refractivity contribution in [3.05, 3.63) is 35.0 Å². The van der Waals surface area contributed by atoms with E-state index in [-0.39, 0.29) is 6.54 Å². The Balaban J connectivity index is 1.63. The van der Waals surface area contributed by atoms with Crippen LogP contribution >= 0.6 is 0 Å². The molecule has 2 aromatic rings. The Labute approximate surface area is 217 Å². The number of carbonyl (C=O) groups excluding carboxylic acids is 2. The van der Waals surface area contributed by atoms with Crippen LogP contribution in [0.25, 0.3) is 10.9 Å². The van der Waals surface area contributed by atoms with Crippen LogP contribution in [0.2, 0.25) is 0 Å². The highest BCUT2D eigenvalue weighted by molar-refractivity contribution is 7.83. The van der Waals surface area contributed by atoms with Gasteiger partial charge in [-0.25, -0.2) is 4.21 Å². The maximum atomic E-state index is 13.3.